The van der Waals surface area contributed by atoms with Gasteiger partial charge in [0.1, 0.15) is 5.01 Å². The summed E-state index contributed by atoms with van der Waals surface area (Å²) in [7, 11) is 0. The van der Waals surface area contributed by atoms with E-state index in [0.717, 1.165) is 26.4 Å². The number of carbonyl (C=O) groups is 3. The fraction of sp³-hybridized carbons (Fsp3) is 0.304. The van der Waals surface area contributed by atoms with Gasteiger partial charge >= 0.3 is 0 Å². The Hall–Kier alpha value is -3.06. The third-order valence-corrected chi connectivity index (χ3v) is 5.97. The summed E-state index contributed by atoms with van der Waals surface area (Å²) in [5.74, 6) is -0.854. The van der Waals surface area contributed by atoms with Crippen molar-refractivity contribution < 1.29 is 14.4 Å². The van der Waals surface area contributed by atoms with Crippen LogP contribution in [0.1, 0.15) is 38.2 Å². The van der Waals surface area contributed by atoms with Crippen molar-refractivity contribution in [2.45, 2.75) is 45.1 Å². The molecule has 0 spiro atoms. The molecule has 0 fully saturated rings. The minimum Gasteiger partial charge on any atom is -0.370 e. The van der Waals surface area contributed by atoms with Crippen LogP contribution in [0.3, 0.4) is 0 Å². The molecule has 0 saturated heterocycles. The highest BCUT2D eigenvalue weighted by molar-refractivity contribution is 7.21. The molecule has 1 aromatic heterocycles. The fourth-order valence-corrected chi connectivity index (χ4v) is 4.14. The number of benzene rings is 2. The number of aromatic nitrogens is 1. The predicted molar refractivity (Wildman–Crippen MR) is 119 cm³/mol. The number of nitrogens with two attached hydrogens (primary N) is 1. The van der Waals surface area contributed by atoms with Gasteiger partial charge in [-0.1, -0.05) is 43.3 Å². The molecular weight excluding hydrogens is 398 g/mol. The highest BCUT2D eigenvalue weighted by atomic mass is 32.1. The van der Waals surface area contributed by atoms with Crippen molar-refractivity contribution >= 4 is 39.2 Å². The lowest BCUT2D eigenvalue weighted by Gasteiger charge is -2.15. The molecule has 30 heavy (non-hydrogen) atoms. The number of fused-ring (bicyclic) bond motifs is 1. The number of rotatable bonds is 10. The maximum absolute atomic E-state index is 12.3. The summed E-state index contributed by atoms with van der Waals surface area (Å²) in [6.45, 7) is 1.83. The number of Topliss-reactive ketones (excluding diaryl/α,β-unsaturated/α-hetero) is 1. The molecule has 0 aliphatic carbocycles. The predicted octanol–water partition coefficient (Wildman–Crippen LogP) is 3.63. The van der Waals surface area contributed by atoms with Gasteiger partial charge in [0.15, 0.2) is 5.78 Å². The van der Waals surface area contributed by atoms with Crippen LogP contribution in [-0.2, 0) is 20.8 Å². The Labute approximate surface area is 179 Å². The third-order valence-electron chi connectivity index (χ3n) is 4.89. The minimum atomic E-state index is -0.571. The highest BCUT2D eigenvalue weighted by Crippen LogP contribution is 2.30. The first kappa shape index (κ1) is 21.6. The zero-order valence-corrected chi connectivity index (χ0v) is 17.7. The number of amides is 2. The van der Waals surface area contributed by atoms with Crippen molar-refractivity contribution in [3.05, 3.63) is 54.1 Å². The monoisotopic (exact) mass is 423 g/mol. The molecule has 2 aromatic carbocycles. The van der Waals surface area contributed by atoms with Crippen LogP contribution in [0.25, 0.3) is 20.8 Å². The second kappa shape index (κ2) is 10.1. The van der Waals surface area contributed by atoms with Crippen LogP contribution in [0.15, 0.2) is 48.5 Å². The van der Waals surface area contributed by atoms with Gasteiger partial charge < -0.3 is 11.1 Å². The first-order chi connectivity index (χ1) is 14.5. The quantitative estimate of drug-likeness (QED) is 0.520. The van der Waals surface area contributed by atoms with E-state index < -0.39 is 11.9 Å². The minimum absolute atomic E-state index is 0.00616. The SMILES string of the molecule is CC[C@H](NC(=O)CCc1ccc(-c2nc3ccccc3s2)cc1)C(=O)CCC(N)=O. The van der Waals surface area contributed by atoms with E-state index in [1.165, 1.54) is 0 Å². The molecule has 3 N–H and O–H groups in total. The van der Waals surface area contributed by atoms with Crippen molar-refractivity contribution in [1.29, 1.82) is 0 Å². The summed E-state index contributed by atoms with van der Waals surface area (Å²) in [6, 6.07) is 15.5. The third kappa shape index (κ3) is 5.73. The Bertz CT molecular complexity index is 1010. The summed E-state index contributed by atoms with van der Waals surface area (Å²) in [6.07, 6.45) is 1.42. The lowest BCUT2D eigenvalue weighted by atomic mass is 10.0. The maximum atomic E-state index is 12.3. The van der Waals surface area contributed by atoms with Gasteiger partial charge in [-0.3, -0.25) is 14.4 Å². The van der Waals surface area contributed by atoms with Gasteiger partial charge in [-0.05, 0) is 30.5 Å². The smallest absolute Gasteiger partial charge is 0.220 e. The molecule has 0 bridgehead atoms. The standard InChI is InChI=1S/C23H25N3O3S/c1-2-17(19(27)12-13-21(24)28)25-22(29)14-9-15-7-10-16(11-8-15)23-26-18-5-3-4-6-20(18)30-23/h3-8,10-11,17H,2,9,12-14H2,1H3,(H2,24,28)(H,25,29)/t17-/m0/s1. The summed E-state index contributed by atoms with van der Waals surface area (Å²) in [4.78, 5) is 39.9. The second-order valence-electron chi connectivity index (χ2n) is 7.14. The van der Waals surface area contributed by atoms with Crippen LogP contribution in [0, 0.1) is 0 Å². The molecule has 0 aliphatic rings. The largest absolute Gasteiger partial charge is 0.370 e. The van der Waals surface area contributed by atoms with Crippen molar-refractivity contribution in [2.75, 3.05) is 0 Å². The lowest BCUT2D eigenvalue weighted by Crippen LogP contribution is -2.40. The van der Waals surface area contributed by atoms with Gasteiger partial charge in [0, 0.05) is 24.8 Å². The summed E-state index contributed by atoms with van der Waals surface area (Å²) in [5.41, 5.74) is 8.17. The molecule has 156 valence electrons. The summed E-state index contributed by atoms with van der Waals surface area (Å²) in [5, 5.41) is 3.74. The average Bonchev–Trinajstić information content (AvgIpc) is 3.19. The molecule has 0 aliphatic heterocycles. The van der Waals surface area contributed by atoms with E-state index >= 15 is 0 Å². The molecule has 0 unspecified atom stereocenters. The zero-order chi connectivity index (χ0) is 21.5. The van der Waals surface area contributed by atoms with Crippen LogP contribution in [0.5, 0.6) is 0 Å². The molecule has 3 aromatic rings. The van der Waals surface area contributed by atoms with Gasteiger partial charge in [-0.15, -0.1) is 11.3 Å². The molecule has 0 radical (unpaired) electrons. The van der Waals surface area contributed by atoms with Crippen LogP contribution < -0.4 is 11.1 Å². The average molecular weight is 424 g/mol. The molecule has 2 amide bonds. The van der Waals surface area contributed by atoms with Crippen LogP contribution in [0.2, 0.25) is 0 Å². The van der Waals surface area contributed by atoms with Crippen LogP contribution in [0.4, 0.5) is 0 Å². The van der Waals surface area contributed by atoms with E-state index in [4.69, 9.17) is 5.73 Å². The number of nitrogens with zero attached hydrogens (tertiary/aromatic N) is 1. The Kier molecular flexibility index (Phi) is 7.30. The van der Waals surface area contributed by atoms with Crippen molar-refractivity contribution in [3.63, 3.8) is 0 Å². The molecule has 1 atom stereocenters. The number of primary amides is 1. The second-order valence-corrected chi connectivity index (χ2v) is 8.18. The van der Waals surface area contributed by atoms with Crippen molar-refractivity contribution in [3.8, 4) is 10.6 Å². The summed E-state index contributed by atoms with van der Waals surface area (Å²) >= 11 is 1.66. The lowest BCUT2D eigenvalue weighted by molar-refractivity contribution is -0.128. The van der Waals surface area contributed by atoms with E-state index in [1.807, 2.05) is 49.4 Å². The highest BCUT2D eigenvalue weighted by Gasteiger charge is 2.19. The van der Waals surface area contributed by atoms with E-state index in [9.17, 15) is 14.4 Å². The number of hydrogen-bond donors (Lipinski definition) is 2. The molecule has 7 heteroatoms. The zero-order valence-electron chi connectivity index (χ0n) is 16.9. The first-order valence-electron chi connectivity index (χ1n) is 10.0. The van der Waals surface area contributed by atoms with E-state index in [-0.39, 0.29) is 24.5 Å². The molecule has 6 nitrogen and oxygen atoms in total. The Balaban J connectivity index is 1.53. The van der Waals surface area contributed by atoms with Gasteiger partial charge in [0.05, 0.1) is 16.3 Å². The topological polar surface area (TPSA) is 102 Å². The molecule has 1 heterocycles. The summed E-state index contributed by atoms with van der Waals surface area (Å²) < 4.78 is 1.16. The number of nitrogens with one attached hydrogen (secondary N) is 1. The Morgan fingerprint density at radius 2 is 1.77 bits per heavy atom. The Morgan fingerprint density at radius 1 is 1.03 bits per heavy atom. The van der Waals surface area contributed by atoms with Crippen molar-refractivity contribution in [2.24, 2.45) is 5.73 Å². The number of ketones is 1. The van der Waals surface area contributed by atoms with Gasteiger partial charge in [-0.2, -0.15) is 0 Å². The van der Waals surface area contributed by atoms with E-state index in [2.05, 4.69) is 16.4 Å². The number of aryl methyl sites for hydroxylation is 1. The first-order valence-corrected chi connectivity index (χ1v) is 10.8. The van der Waals surface area contributed by atoms with Crippen LogP contribution >= 0.6 is 11.3 Å². The van der Waals surface area contributed by atoms with E-state index in [1.54, 1.807) is 11.3 Å². The number of carbonyl (C=O) groups excluding carboxylic acids is 3. The van der Waals surface area contributed by atoms with Gasteiger partial charge in [0.2, 0.25) is 11.8 Å². The molecular formula is C23H25N3O3S. The van der Waals surface area contributed by atoms with Gasteiger partial charge in [0.25, 0.3) is 0 Å². The fourth-order valence-electron chi connectivity index (χ4n) is 3.16. The van der Waals surface area contributed by atoms with Crippen LogP contribution in [-0.4, -0.2) is 28.6 Å². The molecule has 0 saturated carbocycles. The van der Waals surface area contributed by atoms with Crippen molar-refractivity contribution in [1.82, 2.24) is 10.3 Å². The number of thiazole rings is 1. The maximum Gasteiger partial charge on any atom is 0.220 e. The molecule has 3 rings (SSSR count). The number of hydrogen-bond acceptors (Lipinski definition) is 5. The number of para-hydroxylation sites is 1. The normalized spacial score (nSPS) is 11.9. The van der Waals surface area contributed by atoms with E-state index in [0.29, 0.717) is 19.3 Å². The van der Waals surface area contributed by atoms with Gasteiger partial charge in [-0.25, -0.2) is 4.98 Å². The Morgan fingerprint density at radius 3 is 2.43 bits per heavy atom.